The van der Waals surface area contributed by atoms with E-state index in [1.807, 2.05) is 0 Å². The van der Waals surface area contributed by atoms with Gasteiger partial charge in [-0.2, -0.15) is 0 Å². The number of nitrogens with zero attached hydrogens (tertiary/aromatic N) is 2. The summed E-state index contributed by atoms with van der Waals surface area (Å²) in [6, 6.07) is 0. The molecule has 1 aromatic rings. The molecule has 1 aliphatic heterocycles. The average Bonchev–Trinajstić information content (AvgIpc) is 2.05. The molecule has 0 saturated carbocycles. The second-order valence-electron chi connectivity index (χ2n) is 3.43. The van der Waals surface area contributed by atoms with Crippen LogP contribution in [0.4, 0.5) is 0 Å². The van der Waals surface area contributed by atoms with Crippen molar-refractivity contribution in [3.05, 3.63) is 23.8 Å². The normalized spacial score (nSPS) is 18.6. The first-order chi connectivity index (χ1) is 6.67. The Bertz CT molecular complexity index is 374. The standard InChI is InChI=1S/C9H10N2O3/c1-6-2-10-5-11-7(6)9(8(12)13)3-14-4-9/h2,5H,3-4H2,1H3,(H,12,13). The third-order valence-electron chi connectivity index (χ3n) is 2.45. The summed E-state index contributed by atoms with van der Waals surface area (Å²) in [4.78, 5) is 19.0. The average molecular weight is 194 g/mol. The van der Waals surface area contributed by atoms with E-state index >= 15 is 0 Å². The number of ether oxygens (including phenoxy) is 1. The zero-order valence-corrected chi connectivity index (χ0v) is 7.73. The van der Waals surface area contributed by atoms with Gasteiger partial charge in [-0.05, 0) is 12.5 Å². The van der Waals surface area contributed by atoms with E-state index in [9.17, 15) is 4.79 Å². The molecular weight excluding hydrogens is 184 g/mol. The van der Waals surface area contributed by atoms with Crippen molar-refractivity contribution < 1.29 is 14.6 Å². The topological polar surface area (TPSA) is 72.3 Å². The van der Waals surface area contributed by atoms with E-state index in [2.05, 4.69) is 9.97 Å². The van der Waals surface area contributed by atoms with Crippen LogP contribution in [0.1, 0.15) is 11.3 Å². The van der Waals surface area contributed by atoms with Gasteiger partial charge in [0.05, 0.1) is 18.9 Å². The fourth-order valence-electron chi connectivity index (χ4n) is 1.57. The Morgan fingerprint density at radius 1 is 1.64 bits per heavy atom. The van der Waals surface area contributed by atoms with E-state index in [0.29, 0.717) is 5.69 Å². The molecule has 2 heterocycles. The molecule has 0 aromatic carbocycles. The Labute approximate surface area is 80.8 Å². The molecule has 0 aliphatic carbocycles. The molecule has 1 fully saturated rings. The Kier molecular flexibility index (Phi) is 1.96. The number of aromatic nitrogens is 2. The number of carboxylic acids is 1. The monoisotopic (exact) mass is 194 g/mol. The largest absolute Gasteiger partial charge is 0.480 e. The van der Waals surface area contributed by atoms with Crippen molar-refractivity contribution in [2.75, 3.05) is 13.2 Å². The molecule has 5 nitrogen and oxygen atoms in total. The molecule has 1 N–H and O–H groups in total. The van der Waals surface area contributed by atoms with Crippen LogP contribution in [-0.2, 0) is 14.9 Å². The van der Waals surface area contributed by atoms with E-state index < -0.39 is 11.4 Å². The Morgan fingerprint density at radius 3 is 2.79 bits per heavy atom. The molecule has 1 saturated heterocycles. The maximum atomic E-state index is 11.1. The number of carbonyl (C=O) groups is 1. The van der Waals surface area contributed by atoms with Crippen LogP contribution in [-0.4, -0.2) is 34.3 Å². The fraction of sp³-hybridized carbons (Fsp3) is 0.444. The van der Waals surface area contributed by atoms with Crippen molar-refractivity contribution in [3.8, 4) is 0 Å². The van der Waals surface area contributed by atoms with Crippen molar-refractivity contribution in [1.29, 1.82) is 0 Å². The third-order valence-corrected chi connectivity index (χ3v) is 2.45. The molecule has 0 spiro atoms. The lowest BCUT2D eigenvalue weighted by Crippen LogP contribution is -2.54. The number of rotatable bonds is 2. The molecule has 0 unspecified atom stereocenters. The van der Waals surface area contributed by atoms with Crippen LogP contribution in [0.2, 0.25) is 0 Å². The predicted octanol–water partition coefficient (Wildman–Crippen LogP) is 0.138. The first-order valence-electron chi connectivity index (χ1n) is 4.25. The van der Waals surface area contributed by atoms with Crippen LogP contribution in [0.15, 0.2) is 12.5 Å². The van der Waals surface area contributed by atoms with Gasteiger partial charge >= 0.3 is 5.97 Å². The number of aliphatic carboxylic acids is 1. The SMILES string of the molecule is Cc1cncnc1C1(C(=O)O)COC1. The van der Waals surface area contributed by atoms with Crippen LogP contribution in [0.5, 0.6) is 0 Å². The Morgan fingerprint density at radius 2 is 2.36 bits per heavy atom. The minimum absolute atomic E-state index is 0.195. The molecule has 0 amide bonds. The van der Waals surface area contributed by atoms with Crippen LogP contribution < -0.4 is 0 Å². The van der Waals surface area contributed by atoms with Gasteiger partial charge in [0.2, 0.25) is 0 Å². The lowest BCUT2D eigenvalue weighted by Gasteiger charge is -2.37. The first-order valence-corrected chi connectivity index (χ1v) is 4.25. The summed E-state index contributed by atoms with van der Waals surface area (Å²) in [6.45, 7) is 2.19. The van der Waals surface area contributed by atoms with Crippen molar-refractivity contribution in [2.45, 2.75) is 12.3 Å². The van der Waals surface area contributed by atoms with Gasteiger partial charge in [0.1, 0.15) is 6.33 Å². The molecule has 1 aromatic heterocycles. The molecular formula is C9H10N2O3. The summed E-state index contributed by atoms with van der Waals surface area (Å²) in [7, 11) is 0. The molecule has 0 bridgehead atoms. The Balaban J connectivity index is 2.47. The molecule has 1 aliphatic rings. The van der Waals surface area contributed by atoms with Crippen molar-refractivity contribution in [1.82, 2.24) is 9.97 Å². The summed E-state index contributed by atoms with van der Waals surface area (Å²) >= 11 is 0. The Hall–Kier alpha value is -1.49. The van der Waals surface area contributed by atoms with Gasteiger partial charge in [-0.1, -0.05) is 0 Å². The second-order valence-corrected chi connectivity index (χ2v) is 3.43. The van der Waals surface area contributed by atoms with Crippen LogP contribution >= 0.6 is 0 Å². The highest BCUT2D eigenvalue weighted by Gasteiger charge is 2.50. The van der Waals surface area contributed by atoms with Crippen LogP contribution in [0.25, 0.3) is 0 Å². The summed E-state index contributed by atoms with van der Waals surface area (Å²) in [5, 5.41) is 9.12. The highest BCUT2D eigenvalue weighted by molar-refractivity contribution is 5.82. The van der Waals surface area contributed by atoms with Gasteiger partial charge in [0.25, 0.3) is 0 Å². The number of carboxylic acid groups (broad SMARTS) is 1. The van der Waals surface area contributed by atoms with Gasteiger partial charge in [-0.15, -0.1) is 0 Å². The van der Waals surface area contributed by atoms with Crippen molar-refractivity contribution in [2.24, 2.45) is 0 Å². The van der Waals surface area contributed by atoms with E-state index in [1.165, 1.54) is 6.33 Å². The second kappa shape index (κ2) is 3.02. The zero-order valence-electron chi connectivity index (χ0n) is 7.73. The van der Waals surface area contributed by atoms with Gasteiger partial charge in [0, 0.05) is 6.20 Å². The molecule has 14 heavy (non-hydrogen) atoms. The van der Waals surface area contributed by atoms with Gasteiger partial charge in [0.15, 0.2) is 5.41 Å². The summed E-state index contributed by atoms with van der Waals surface area (Å²) in [6.07, 6.45) is 2.98. The number of hydrogen-bond donors (Lipinski definition) is 1. The molecule has 2 rings (SSSR count). The number of hydrogen-bond acceptors (Lipinski definition) is 4. The summed E-state index contributed by atoms with van der Waals surface area (Å²) in [5.41, 5.74) is 0.400. The zero-order chi connectivity index (χ0) is 10.2. The lowest BCUT2D eigenvalue weighted by molar-refractivity contribution is -0.163. The first kappa shape index (κ1) is 9.08. The number of aryl methyl sites for hydroxylation is 1. The third kappa shape index (κ3) is 1.09. The van der Waals surface area contributed by atoms with E-state index in [1.54, 1.807) is 13.1 Å². The molecule has 0 atom stereocenters. The summed E-state index contributed by atoms with van der Waals surface area (Å²) < 4.78 is 4.97. The van der Waals surface area contributed by atoms with E-state index in [-0.39, 0.29) is 13.2 Å². The van der Waals surface area contributed by atoms with E-state index in [0.717, 1.165) is 5.56 Å². The molecule has 74 valence electrons. The van der Waals surface area contributed by atoms with Crippen molar-refractivity contribution >= 4 is 5.97 Å². The minimum Gasteiger partial charge on any atom is -0.480 e. The highest BCUT2D eigenvalue weighted by atomic mass is 16.5. The van der Waals surface area contributed by atoms with E-state index in [4.69, 9.17) is 9.84 Å². The lowest BCUT2D eigenvalue weighted by atomic mass is 9.80. The highest BCUT2D eigenvalue weighted by Crippen LogP contribution is 2.32. The maximum absolute atomic E-state index is 11.1. The smallest absolute Gasteiger partial charge is 0.320 e. The van der Waals surface area contributed by atoms with Crippen molar-refractivity contribution in [3.63, 3.8) is 0 Å². The molecule has 0 radical (unpaired) electrons. The van der Waals surface area contributed by atoms with Gasteiger partial charge < -0.3 is 9.84 Å². The van der Waals surface area contributed by atoms with Gasteiger partial charge in [-0.25, -0.2) is 9.97 Å². The minimum atomic E-state index is -0.951. The predicted molar refractivity (Wildman–Crippen MR) is 46.9 cm³/mol. The van der Waals surface area contributed by atoms with Crippen LogP contribution in [0.3, 0.4) is 0 Å². The summed E-state index contributed by atoms with van der Waals surface area (Å²) in [5.74, 6) is -0.884. The maximum Gasteiger partial charge on any atom is 0.320 e. The van der Waals surface area contributed by atoms with Gasteiger partial charge in [-0.3, -0.25) is 4.79 Å². The van der Waals surface area contributed by atoms with Crippen LogP contribution in [0, 0.1) is 6.92 Å². The molecule has 5 heteroatoms. The quantitative estimate of drug-likeness (QED) is 0.724. The fourth-order valence-corrected chi connectivity index (χ4v) is 1.57.